The summed E-state index contributed by atoms with van der Waals surface area (Å²) in [6.07, 6.45) is 2.46. The van der Waals surface area contributed by atoms with Gasteiger partial charge in [-0.2, -0.15) is 0 Å². The van der Waals surface area contributed by atoms with Crippen LogP contribution in [0.3, 0.4) is 0 Å². The van der Waals surface area contributed by atoms with Crippen molar-refractivity contribution in [3.63, 3.8) is 0 Å². The third-order valence-electron chi connectivity index (χ3n) is 3.56. The van der Waals surface area contributed by atoms with E-state index >= 15 is 0 Å². The molecule has 0 bridgehead atoms. The minimum atomic E-state index is 0.0467. The highest BCUT2D eigenvalue weighted by molar-refractivity contribution is 7.99. The Morgan fingerprint density at radius 1 is 1.43 bits per heavy atom. The monoisotopic (exact) mass is 302 g/mol. The number of thioether (sulfide) groups is 1. The summed E-state index contributed by atoms with van der Waals surface area (Å²) in [7, 11) is 0. The van der Waals surface area contributed by atoms with E-state index in [1.165, 1.54) is 24.6 Å². The van der Waals surface area contributed by atoms with Gasteiger partial charge in [0.15, 0.2) is 5.82 Å². The zero-order chi connectivity index (χ0) is 14.7. The highest BCUT2D eigenvalue weighted by Gasteiger charge is 2.28. The van der Waals surface area contributed by atoms with E-state index in [9.17, 15) is 4.79 Å². The van der Waals surface area contributed by atoms with Crippen molar-refractivity contribution >= 4 is 17.7 Å². The van der Waals surface area contributed by atoms with Gasteiger partial charge in [0.1, 0.15) is 0 Å². The molecule has 0 radical (unpaired) electrons. The molecule has 1 amide bonds. The minimum absolute atomic E-state index is 0.0467. The minimum Gasteiger partial charge on any atom is -0.353 e. The van der Waals surface area contributed by atoms with Gasteiger partial charge >= 0.3 is 0 Å². The van der Waals surface area contributed by atoms with Crippen LogP contribution >= 0.6 is 11.8 Å². The number of carbonyl (C=O) groups is 1. The summed E-state index contributed by atoms with van der Waals surface area (Å²) in [5.74, 6) is 1.80. The number of nitrogens with zero attached hydrogens (tertiary/aromatic N) is 2. The largest absolute Gasteiger partial charge is 0.353 e. The zero-order valence-electron chi connectivity index (χ0n) is 11.9. The smallest absolute Gasteiger partial charge is 0.230 e. The summed E-state index contributed by atoms with van der Waals surface area (Å²) in [6, 6.07) is 10.1. The fraction of sp³-hybridized carbons (Fsp3) is 0.400. The number of rotatable bonds is 6. The maximum absolute atomic E-state index is 11.8. The van der Waals surface area contributed by atoms with E-state index in [0.717, 1.165) is 11.4 Å². The van der Waals surface area contributed by atoms with Crippen LogP contribution in [0.1, 0.15) is 19.8 Å². The molecule has 1 aromatic heterocycles. The fourth-order valence-corrected chi connectivity index (χ4v) is 2.79. The van der Waals surface area contributed by atoms with Gasteiger partial charge in [0, 0.05) is 11.6 Å². The topological polar surface area (TPSA) is 70.7 Å². The van der Waals surface area contributed by atoms with E-state index in [4.69, 9.17) is 0 Å². The van der Waals surface area contributed by atoms with Crippen LogP contribution in [-0.2, 0) is 4.79 Å². The van der Waals surface area contributed by atoms with Gasteiger partial charge in [0.2, 0.25) is 11.1 Å². The molecule has 2 aromatic rings. The Labute approximate surface area is 127 Å². The fourth-order valence-electron chi connectivity index (χ4n) is 2.18. The molecule has 5 nitrogen and oxygen atoms in total. The maximum Gasteiger partial charge on any atom is 0.230 e. The summed E-state index contributed by atoms with van der Waals surface area (Å²) in [5, 5.41) is 10.7. The standard InChI is InChI=1S/C15H18N4OS/c1-10(11-7-8-11)16-13(20)9-21-15-17-14(18-19-15)12-5-3-2-4-6-12/h2-6,10-11H,7-9H2,1H3,(H,16,20)(H,17,18,19)/t10-/m1/s1. The third-order valence-corrected chi connectivity index (χ3v) is 4.41. The van der Waals surface area contributed by atoms with E-state index in [-0.39, 0.29) is 11.9 Å². The first-order chi connectivity index (χ1) is 10.2. The summed E-state index contributed by atoms with van der Waals surface area (Å²) in [6.45, 7) is 2.07. The predicted octanol–water partition coefficient (Wildman–Crippen LogP) is 2.48. The van der Waals surface area contributed by atoms with E-state index < -0.39 is 0 Å². The van der Waals surface area contributed by atoms with E-state index in [1.54, 1.807) is 0 Å². The first-order valence-electron chi connectivity index (χ1n) is 7.12. The van der Waals surface area contributed by atoms with Crippen LogP contribution in [0.2, 0.25) is 0 Å². The zero-order valence-corrected chi connectivity index (χ0v) is 12.7. The average Bonchev–Trinajstić information content (AvgIpc) is 3.25. The Kier molecular flexibility index (Phi) is 4.24. The van der Waals surface area contributed by atoms with Crippen molar-refractivity contribution in [3.8, 4) is 11.4 Å². The Hall–Kier alpha value is -1.82. The van der Waals surface area contributed by atoms with Gasteiger partial charge in [-0.1, -0.05) is 42.1 Å². The lowest BCUT2D eigenvalue weighted by atomic mass is 10.2. The Morgan fingerprint density at radius 2 is 2.19 bits per heavy atom. The molecule has 21 heavy (non-hydrogen) atoms. The van der Waals surface area contributed by atoms with Gasteiger partial charge < -0.3 is 5.32 Å². The maximum atomic E-state index is 11.8. The van der Waals surface area contributed by atoms with Gasteiger partial charge in [-0.3, -0.25) is 9.89 Å². The number of amides is 1. The first kappa shape index (κ1) is 14.1. The Bertz CT molecular complexity index is 609. The molecule has 1 atom stereocenters. The molecule has 1 aliphatic carbocycles. The van der Waals surface area contributed by atoms with Crippen LogP contribution in [0.4, 0.5) is 0 Å². The lowest BCUT2D eigenvalue weighted by Gasteiger charge is -2.11. The molecule has 1 aromatic carbocycles. The Morgan fingerprint density at radius 3 is 2.90 bits per heavy atom. The third kappa shape index (κ3) is 3.85. The molecule has 1 aliphatic rings. The highest BCUT2D eigenvalue weighted by Crippen LogP contribution is 2.32. The van der Waals surface area contributed by atoms with Crippen molar-refractivity contribution in [2.75, 3.05) is 5.75 Å². The lowest BCUT2D eigenvalue weighted by Crippen LogP contribution is -2.35. The lowest BCUT2D eigenvalue weighted by molar-refractivity contribution is -0.119. The number of carbonyl (C=O) groups excluding carboxylic acids is 1. The van der Waals surface area contributed by atoms with Gasteiger partial charge in [0.25, 0.3) is 0 Å². The van der Waals surface area contributed by atoms with E-state index in [1.807, 2.05) is 30.3 Å². The van der Waals surface area contributed by atoms with Crippen molar-refractivity contribution < 1.29 is 4.79 Å². The summed E-state index contributed by atoms with van der Waals surface area (Å²) < 4.78 is 0. The van der Waals surface area contributed by atoms with Crippen LogP contribution in [0, 0.1) is 5.92 Å². The number of benzene rings is 1. The molecule has 110 valence electrons. The van der Waals surface area contributed by atoms with Crippen molar-refractivity contribution in [2.24, 2.45) is 5.92 Å². The molecular formula is C15H18N4OS. The summed E-state index contributed by atoms with van der Waals surface area (Å²) >= 11 is 1.35. The molecule has 6 heteroatoms. The molecule has 0 saturated heterocycles. The molecule has 1 saturated carbocycles. The van der Waals surface area contributed by atoms with Crippen LogP contribution in [0.15, 0.2) is 35.5 Å². The molecule has 2 N–H and O–H groups in total. The second-order valence-corrected chi connectivity index (χ2v) is 6.26. The molecule has 3 rings (SSSR count). The molecule has 1 heterocycles. The van der Waals surface area contributed by atoms with Crippen LogP contribution in [-0.4, -0.2) is 32.9 Å². The Balaban J connectivity index is 1.51. The predicted molar refractivity (Wildman–Crippen MR) is 82.9 cm³/mol. The SMILES string of the molecule is C[C@@H](NC(=O)CSc1n[nH]c(-c2ccccc2)n1)C1CC1. The number of H-pyrrole nitrogens is 1. The number of aromatic nitrogens is 3. The average molecular weight is 302 g/mol. The first-order valence-corrected chi connectivity index (χ1v) is 8.11. The molecule has 0 aliphatic heterocycles. The number of nitrogens with one attached hydrogen (secondary N) is 2. The quantitative estimate of drug-likeness (QED) is 0.804. The number of hydrogen-bond donors (Lipinski definition) is 2. The van der Waals surface area contributed by atoms with Crippen LogP contribution < -0.4 is 5.32 Å². The van der Waals surface area contributed by atoms with E-state index in [0.29, 0.717) is 16.8 Å². The van der Waals surface area contributed by atoms with Gasteiger partial charge in [-0.25, -0.2) is 4.98 Å². The van der Waals surface area contributed by atoms with Crippen LogP contribution in [0.5, 0.6) is 0 Å². The second-order valence-electron chi connectivity index (χ2n) is 5.31. The summed E-state index contributed by atoms with van der Waals surface area (Å²) in [4.78, 5) is 16.2. The van der Waals surface area contributed by atoms with Gasteiger partial charge in [-0.05, 0) is 25.7 Å². The normalized spacial score (nSPS) is 15.7. The van der Waals surface area contributed by atoms with Crippen LogP contribution in [0.25, 0.3) is 11.4 Å². The van der Waals surface area contributed by atoms with Gasteiger partial charge in [0.05, 0.1) is 5.75 Å². The van der Waals surface area contributed by atoms with Gasteiger partial charge in [-0.15, -0.1) is 5.10 Å². The van der Waals surface area contributed by atoms with Crippen molar-refractivity contribution in [1.82, 2.24) is 20.5 Å². The molecule has 0 spiro atoms. The van der Waals surface area contributed by atoms with Crippen molar-refractivity contribution in [1.29, 1.82) is 0 Å². The number of hydrogen-bond acceptors (Lipinski definition) is 4. The number of aromatic amines is 1. The summed E-state index contributed by atoms with van der Waals surface area (Å²) in [5.41, 5.74) is 0.989. The molecule has 1 fully saturated rings. The van der Waals surface area contributed by atoms with E-state index in [2.05, 4.69) is 27.4 Å². The molecular weight excluding hydrogens is 284 g/mol. The second kappa shape index (κ2) is 6.30. The highest BCUT2D eigenvalue weighted by atomic mass is 32.2. The van der Waals surface area contributed by atoms with Crippen molar-refractivity contribution in [3.05, 3.63) is 30.3 Å². The van der Waals surface area contributed by atoms with Crippen molar-refractivity contribution in [2.45, 2.75) is 31.0 Å². The molecule has 0 unspecified atom stereocenters.